The number of aromatic nitrogens is 1. The van der Waals surface area contributed by atoms with Gasteiger partial charge in [-0.05, 0) is 25.9 Å². The molecule has 0 spiro atoms. The Morgan fingerprint density at radius 1 is 1.61 bits per heavy atom. The topological polar surface area (TPSA) is 79.5 Å². The molecule has 0 bridgehead atoms. The Labute approximate surface area is 114 Å². The Bertz CT molecular complexity index is 403. The Balaban J connectivity index is 1.65. The number of carboxylic acid groups (broad SMARTS) is 1. The number of hydrogen-bond donors (Lipinski definition) is 2. The second kappa shape index (κ2) is 6.40. The highest BCUT2D eigenvalue weighted by atomic mass is 32.2. The molecule has 0 aromatic carbocycles. The third-order valence-corrected chi connectivity index (χ3v) is 5.09. The summed E-state index contributed by atoms with van der Waals surface area (Å²) < 4.78 is 1.15. The molecule has 1 aliphatic heterocycles. The largest absolute Gasteiger partial charge is 0.481 e. The highest BCUT2D eigenvalue weighted by Crippen LogP contribution is 2.26. The first-order chi connectivity index (χ1) is 8.65. The quantitative estimate of drug-likeness (QED) is 0.801. The first-order valence-corrected chi connectivity index (χ1v) is 7.74. The maximum absolute atomic E-state index is 10.8. The number of carboxylic acids is 1. The fourth-order valence-corrected chi connectivity index (χ4v) is 3.85. The smallest absolute Gasteiger partial charge is 0.306 e. The molecule has 0 radical (unpaired) electrons. The molecule has 0 unspecified atom stereocenters. The maximum Gasteiger partial charge on any atom is 0.306 e. The van der Waals surface area contributed by atoms with Crippen LogP contribution in [0.3, 0.4) is 0 Å². The van der Waals surface area contributed by atoms with Crippen LogP contribution in [0.15, 0.2) is 10.4 Å². The van der Waals surface area contributed by atoms with Gasteiger partial charge in [0.25, 0.3) is 0 Å². The summed E-state index contributed by atoms with van der Waals surface area (Å²) in [6.45, 7) is 2.78. The summed E-state index contributed by atoms with van der Waals surface area (Å²) in [5.41, 5.74) is 5.56. The predicted octanol–water partition coefficient (Wildman–Crippen LogP) is 1.61. The zero-order chi connectivity index (χ0) is 13.0. The molecular weight excluding hydrogens is 270 g/mol. The molecule has 1 aromatic rings. The molecule has 0 amide bonds. The normalized spacial score (nSPS) is 18.0. The van der Waals surface area contributed by atoms with E-state index in [1.165, 1.54) is 11.3 Å². The Hall–Kier alpha value is -0.790. The van der Waals surface area contributed by atoms with Crippen LogP contribution in [0.25, 0.3) is 0 Å². The second-order valence-electron chi connectivity index (χ2n) is 4.32. The highest BCUT2D eigenvalue weighted by Gasteiger charge is 2.23. The first kappa shape index (κ1) is 13.6. The van der Waals surface area contributed by atoms with Gasteiger partial charge >= 0.3 is 5.97 Å². The number of nitrogens with zero attached hydrogens (tertiary/aromatic N) is 2. The lowest BCUT2D eigenvalue weighted by Crippen LogP contribution is -2.37. The number of rotatable bonds is 5. The molecule has 0 aliphatic carbocycles. The van der Waals surface area contributed by atoms with Crippen molar-refractivity contribution >= 4 is 34.2 Å². The van der Waals surface area contributed by atoms with Gasteiger partial charge in [0.15, 0.2) is 5.13 Å². The summed E-state index contributed by atoms with van der Waals surface area (Å²) in [7, 11) is 0. The molecular formula is C11H17N3O2S2. The van der Waals surface area contributed by atoms with Gasteiger partial charge in [-0.3, -0.25) is 4.79 Å². The van der Waals surface area contributed by atoms with Crippen LogP contribution in [0, 0.1) is 5.92 Å². The number of likely N-dealkylation sites (tertiary alicyclic amines) is 1. The molecule has 100 valence electrons. The molecule has 1 aliphatic rings. The van der Waals surface area contributed by atoms with Crippen molar-refractivity contribution in [1.29, 1.82) is 0 Å². The van der Waals surface area contributed by atoms with Crippen LogP contribution >= 0.6 is 23.1 Å². The van der Waals surface area contributed by atoms with Crippen LogP contribution in [-0.4, -0.2) is 46.3 Å². The van der Waals surface area contributed by atoms with Crippen molar-refractivity contribution in [3.8, 4) is 0 Å². The average Bonchev–Trinajstić information content (AvgIpc) is 2.76. The Kier molecular flexibility index (Phi) is 4.85. The van der Waals surface area contributed by atoms with E-state index in [9.17, 15) is 4.79 Å². The van der Waals surface area contributed by atoms with Gasteiger partial charge in [0, 0.05) is 12.3 Å². The van der Waals surface area contributed by atoms with Gasteiger partial charge in [0.05, 0.1) is 16.3 Å². The number of thioether (sulfide) groups is 1. The van der Waals surface area contributed by atoms with Crippen molar-refractivity contribution in [1.82, 2.24) is 9.88 Å². The van der Waals surface area contributed by atoms with Gasteiger partial charge in [0.2, 0.25) is 0 Å². The lowest BCUT2D eigenvalue weighted by atomic mass is 9.97. The molecule has 0 saturated carbocycles. The number of anilines is 1. The van der Waals surface area contributed by atoms with Gasteiger partial charge in [-0.1, -0.05) is 11.3 Å². The van der Waals surface area contributed by atoms with E-state index in [-0.39, 0.29) is 5.92 Å². The first-order valence-electron chi connectivity index (χ1n) is 5.94. The summed E-state index contributed by atoms with van der Waals surface area (Å²) in [4.78, 5) is 17.2. The minimum atomic E-state index is -0.649. The van der Waals surface area contributed by atoms with Crippen LogP contribution in [0.2, 0.25) is 0 Å². The Morgan fingerprint density at radius 2 is 2.33 bits per heavy atom. The fraction of sp³-hybridized carbons (Fsp3) is 0.636. The lowest BCUT2D eigenvalue weighted by Gasteiger charge is -2.29. The van der Waals surface area contributed by atoms with E-state index in [1.807, 2.05) is 0 Å². The van der Waals surface area contributed by atoms with E-state index in [4.69, 9.17) is 10.8 Å². The van der Waals surface area contributed by atoms with Crippen molar-refractivity contribution in [2.75, 3.05) is 31.1 Å². The van der Waals surface area contributed by atoms with E-state index < -0.39 is 5.97 Å². The monoisotopic (exact) mass is 287 g/mol. The minimum absolute atomic E-state index is 0.143. The number of carbonyl (C=O) groups is 1. The minimum Gasteiger partial charge on any atom is -0.481 e. The molecule has 3 N–H and O–H groups in total. The number of aliphatic carboxylic acids is 1. The number of nitrogen functional groups attached to an aromatic ring is 1. The van der Waals surface area contributed by atoms with Crippen LogP contribution in [0.5, 0.6) is 0 Å². The Morgan fingerprint density at radius 3 is 2.89 bits per heavy atom. The number of thiazole rings is 1. The van der Waals surface area contributed by atoms with E-state index in [2.05, 4.69) is 9.88 Å². The number of nitrogens with two attached hydrogens (primary N) is 1. The van der Waals surface area contributed by atoms with Gasteiger partial charge in [-0.25, -0.2) is 4.98 Å². The van der Waals surface area contributed by atoms with Crippen LogP contribution in [-0.2, 0) is 4.79 Å². The molecule has 18 heavy (non-hydrogen) atoms. The van der Waals surface area contributed by atoms with Crippen LogP contribution < -0.4 is 5.73 Å². The van der Waals surface area contributed by atoms with Gasteiger partial charge < -0.3 is 15.7 Å². The van der Waals surface area contributed by atoms with E-state index in [0.717, 1.165) is 42.4 Å². The lowest BCUT2D eigenvalue weighted by molar-refractivity contribution is -0.143. The third kappa shape index (κ3) is 3.86. The van der Waals surface area contributed by atoms with Crippen molar-refractivity contribution in [2.45, 2.75) is 17.1 Å². The summed E-state index contributed by atoms with van der Waals surface area (Å²) in [6.07, 6.45) is 3.35. The molecule has 5 nitrogen and oxygen atoms in total. The SMILES string of the molecule is Nc1ncc(SCCN2CCC(C(=O)O)CC2)s1. The van der Waals surface area contributed by atoms with Gasteiger partial charge in [-0.15, -0.1) is 11.8 Å². The number of hydrogen-bond acceptors (Lipinski definition) is 6. The van der Waals surface area contributed by atoms with E-state index >= 15 is 0 Å². The van der Waals surface area contributed by atoms with Crippen molar-refractivity contribution < 1.29 is 9.90 Å². The average molecular weight is 287 g/mol. The summed E-state index contributed by atoms with van der Waals surface area (Å²) >= 11 is 3.27. The molecule has 2 rings (SSSR count). The van der Waals surface area contributed by atoms with Crippen molar-refractivity contribution in [3.63, 3.8) is 0 Å². The summed E-state index contributed by atoms with van der Waals surface area (Å²) in [5.74, 6) is 0.207. The van der Waals surface area contributed by atoms with E-state index in [1.54, 1.807) is 18.0 Å². The highest BCUT2D eigenvalue weighted by molar-refractivity contribution is 8.01. The van der Waals surface area contributed by atoms with Gasteiger partial charge in [0.1, 0.15) is 0 Å². The fourth-order valence-electron chi connectivity index (χ4n) is 2.02. The predicted molar refractivity (Wildman–Crippen MR) is 74.1 cm³/mol. The zero-order valence-corrected chi connectivity index (χ0v) is 11.7. The molecule has 7 heteroatoms. The standard InChI is InChI=1S/C11H17N3O2S2/c12-11-13-7-9(18-11)17-6-5-14-3-1-8(2-4-14)10(15)16/h7-8H,1-6H2,(H2,12,13)(H,15,16). The van der Waals surface area contributed by atoms with Crippen molar-refractivity contribution in [3.05, 3.63) is 6.20 Å². The van der Waals surface area contributed by atoms with Crippen LogP contribution in [0.1, 0.15) is 12.8 Å². The summed E-state index contributed by atoms with van der Waals surface area (Å²) in [6, 6.07) is 0. The molecule has 2 heterocycles. The van der Waals surface area contributed by atoms with Crippen molar-refractivity contribution in [2.24, 2.45) is 5.92 Å². The maximum atomic E-state index is 10.8. The molecule has 1 aromatic heterocycles. The molecule has 0 atom stereocenters. The van der Waals surface area contributed by atoms with Gasteiger partial charge in [-0.2, -0.15) is 0 Å². The number of piperidine rings is 1. The molecule has 1 fully saturated rings. The molecule has 1 saturated heterocycles. The third-order valence-electron chi connectivity index (χ3n) is 3.09. The zero-order valence-electron chi connectivity index (χ0n) is 10.0. The second-order valence-corrected chi connectivity index (χ2v) is 6.78. The van der Waals surface area contributed by atoms with Crippen LogP contribution in [0.4, 0.5) is 5.13 Å². The van der Waals surface area contributed by atoms with E-state index in [0.29, 0.717) is 5.13 Å². The summed E-state index contributed by atoms with van der Waals surface area (Å²) in [5, 5.41) is 9.52.